The number of ketones is 1. The van der Waals surface area contributed by atoms with Crippen LogP contribution < -0.4 is 0 Å². The van der Waals surface area contributed by atoms with Crippen LogP contribution in [0.5, 0.6) is 0 Å². The molecule has 0 aliphatic rings. The molecule has 0 rings (SSSR count). The topological polar surface area (TPSA) is 43.4 Å². The average molecular weight is 339 g/mol. The van der Waals surface area contributed by atoms with Gasteiger partial charge in [-0.2, -0.15) is 0 Å². The minimum Gasteiger partial charge on any atom is -0.458 e. The predicted molar refractivity (Wildman–Crippen MR) is 101 cm³/mol. The predicted octanol–water partition coefficient (Wildman–Crippen LogP) is 6.16. The molecule has 0 saturated carbocycles. The van der Waals surface area contributed by atoms with Gasteiger partial charge >= 0.3 is 5.97 Å². The Kier molecular flexibility index (Phi) is 17.4. The third-order valence-electron chi connectivity index (χ3n) is 4.15. The molecule has 24 heavy (non-hydrogen) atoms. The number of esters is 1. The van der Waals surface area contributed by atoms with Crippen LogP contribution in [0.3, 0.4) is 0 Å². The molecule has 0 N–H and O–H groups in total. The highest BCUT2D eigenvalue weighted by Crippen LogP contribution is 2.10. The van der Waals surface area contributed by atoms with Gasteiger partial charge in [-0.3, -0.25) is 9.59 Å². The number of rotatable bonds is 17. The van der Waals surface area contributed by atoms with E-state index in [-0.39, 0.29) is 18.4 Å². The van der Waals surface area contributed by atoms with Crippen molar-refractivity contribution in [3.63, 3.8) is 0 Å². The first-order valence-electron chi connectivity index (χ1n) is 9.97. The van der Waals surface area contributed by atoms with Gasteiger partial charge in [0.25, 0.3) is 0 Å². The summed E-state index contributed by atoms with van der Waals surface area (Å²) in [4.78, 5) is 22.0. The first-order chi connectivity index (χ1) is 11.7. The van der Waals surface area contributed by atoms with Crippen LogP contribution in [0, 0.1) is 0 Å². The Morgan fingerprint density at radius 3 is 1.79 bits per heavy atom. The number of allylic oxidation sites excluding steroid dienone is 2. The normalized spacial score (nSPS) is 11.1. The molecule has 0 atom stereocenters. The largest absolute Gasteiger partial charge is 0.458 e. The molecule has 3 nitrogen and oxygen atoms in total. The van der Waals surface area contributed by atoms with E-state index in [9.17, 15) is 9.59 Å². The second-order valence-corrected chi connectivity index (χ2v) is 6.65. The van der Waals surface area contributed by atoms with Crippen molar-refractivity contribution < 1.29 is 14.3 Å². The summed E-state index contributed by atoms with van der Waals surface area (Å²) < 4.78 is 4.68. The third kappa shape index (κ3) is 18.9. The van der Waals surface area contributed by atoms with Gasteiger partial charge in [0.1, 0.15) is 6.61 Å². The zero-order valence-electron chi connectivity index (χ0n) is 16.0. The molecule has 0 bridgehead atoms. The maximum Gasteiger partial charge on any atom is 0.303 e. The van der Waals surface area contributed by atoms with Crippen molar-refractivity contribution in [2.24, 2.45) is 0 Å². The van der Waals surface area contributed by atoms with Gasteiger partial charge in [-0.15, -0.1) is 0 Å². The molecule has 140 valence electrons. The SMILES string of the molecule is CCCCCCCCCCC=CCCCCCC(=O)COC(C)=O. The molecule has 0 spiro atoms. The highest BCUT2D eigenvalue weighted by molar-refractivity contribution is 5.81. The molecule has 0 radical (unpaired) electrons. The van der Waals surface area contributed by atoms with Crippen molar-refractivity contribution in [1.82, 2.24) is 0 Å². The van der Waals surface area contributed by atoms with Crippen LogP contribution in [0.2, 0.25) is 0 Å². The Hall–Kier alpha value is -1.12. The van der Waals surface area contributed by atoms with Crippen LogP contribution in [-0.2, 0) is 14.3 Å². The number of carbonyl (C=O) groups is 2. The van der Waals surface area contributed by atoms with Crippen molar-refractivity contribution in [3.8, 4) is 0 Å². The number of hydrogen-bond donors (Lipinski definition) is 0. The maximum absolute atomic E-state index is 11.4. The molecule has 0 heterocycles. The van der Waals surface area contributed by atoms with Crippen molar-refractivity contribution in [2.45, 2.75) is 104 Å². The Balaban J connectivity index is 3.21. The molecule has 0 aliphatic heterocycles. The second-order valence-electron chi connectivity index (χ2n) is 6.65. The van der Waals surface area contributed by atoms with E-state index in [2.05, 4.69) is 23.8 Å². The number of carbonyl (C=O) groups excluding carboxylic acids is 2. The van der Waals surface area contributed by atoms with Gasteiger partial charge in [-0.05, 0) is 32.1 Å². The van der Waals surface area contributed by atoms with Crippen LogP contribution in [0.4, 0.5) is 0 Å². The lowest BCUT2D eigenvalue weighted by Gasteiger charge is -2.01. The van der Waals surface area contributed by atoms with Crippen molar-refractivity contribution >= 4 is 11.8 Å². The Morgan fingerprint density at radius 1 is 0.750 bits per heavy atom. The van der Waals surface area contributed by atoms with E-state index in [1.807, 2.05) is 0 Å². The van der Waals surface area contributed by atoms with Crippen molar-refractivity contribution in [1.29, 1.82) is 0 Å². The van der Waals surface area contributed by atoms with Gasteiger partial charge in [0.15, 0.2) is 5.78 Å². The molecular weight excluding hydrogens is 300 g/mol. The van der Waals surface area contributed by atoms with E-state index < -0.39 is 0 Å². The van der Waals surface area contributed by atoms with Crippen LogP contribution >= 0.6 is 0 Å². The highest BCUT2D eigenvalue weighted by Gasteiger charge is 2.03. The van der Waals surface area contributed by atoms with E-state index in [1.165, 1.54) is 64.7 Å². The summed E-state index contributed by atoms with van der Waals surface area (Å²) in [6.45, 7) is 3.53. The van der Waals surface area contributed by atoms with Gasteiger partial charge in [0, 0.05) is 13.3 Å². The van der Waals surface area contributed by atoms with E-state index in [0.717, 1.165) is 25.7 Å². The number of hydrogen-bond acceptors (Lipinski definition) is 3. The maximum atomic E-state index is 11.4. The van der Waals surface area contributed by atoms with Gasteiger partial charge in [-0.1, -0.05) is 70.4 Å². The lowest BCUT2D eigenvalue weighted by Crippen LogP contribution is -2.11. The Bertz CT molecular complexity index is 334. The molecule has 0 aliphatic carbocycles. The van der Waals surface area contributed by atoms with E-state index in [4.69, 9.17) is 0 Å². The van der Waals surface area contributed by atoms with Gasteiger partial charge in [0.2, 0.25) is 0 Å². The van der Waals surface area contributed by atoms with Crippen molar-refractivity contribution in [3.05, 3.63) is 12.2 Å². The standard InChI is InChI=1S/C21H38O3/c1-3-4-5-6-7-8-9-10-11-12-13-14-15-16-17-18-21(23)19-24-20(2)22/h12-13H,3-11,14-19H2,1-2H3. The van der Waals surface area contributed by atoms with E-state index >= 15 is 0 Å². The summed E-state index contributed by atoms with van der Waals surface area (Å²) in [5.74, 6) is -0.361. The molecule has 0 saturated heterocycles. The highest BCUT2D eigenvalue weighted by atomic mass is 16.5. The summed E-state index contributed by atoms with van der Waals surface area (Å²) in [5.41, 5.74) is 0. The average Bonchev–Trinajstić information content (AvgIpc) is 2.56. The summed E-state index contributed by atoms with van der Waals surface area (Å²) >= 11 is 0. The second kappa shape index (κ2) is 18.2. The van der Waals surface area contributed by atoms with Crippen LogP contribution in [0.15, 0.2) is 12.2 Å². The first-order valence-corrected chi connectivity index (χ1v) is 9.97. The first kappa shape index (κ1) is 22.9. The summed E-state index contributed by atoms with van der Waals surface area (Å²) in [6.07, 6.45) is 21.5. The summed E-state index contributed by atoms with van der Waals surface area (Å²) in [7, 11) is 0. The Morgan fingerprint density at radius 2 is 1.25 bits per heavy atom. The monoisotopic (exact) mass is 338 g/mol. The minimum atomic E-state index is -0.384. The van der Waals surface area contributed by atoms with Crippen LogP contribution in [-0.4, -0.2) is 18.4 Å². The fraction of sp³-hybridized carbons (Fsp3) is 0.810. The smallest absolute Gasteiger partial charge is 0.303 e. The van der Waals surface area contributed by atoms with Crippen LogP contribution in [0.25, 0.3) is 0 Å². The number of Topliss-reactive ketones (excluding diaryl/α,β-unsaturated/α-hetero) is 1. The fourth-order valence-corrected chi connectivity index (χ4v) is 2.65. The fourth-order valence-electron chi connectivity index (χ4n) is 2.65. The zero-order chi connectivity index (χ0) is 17.9. The lowest BCUT2D eigenvalue weighted by molar-refractivity contribution is -0.145. The van der Waals surface area contributed by atoms with Crippen LogP contribution in [0.1, 0.15) is 104 Å². The van der Waals surface area contributed by atoms with Crippen molar-refractivity contribution in [2.75, 3.05) is 6.61 Å². The third-order valence-corrected chi connectivity index (χ3v) is 4.15. The minimum absolute atomic E-state index is 0.0236. The number of ether oxygens (including phenoxy) is 1. The van der Waals surface area contributed by atoms with Gasteiger partial charge in [0.05, 0.1) is 0 Å². The molecular formula is C21H38O3. The molecule has 0 aromatic rings. The molecule has 0 unspecified atom stereocenters. The zero-order valence-corrected chi connectivity index (χ0v) is 16.0. The Labute approximate surface area is 149 Å². The molecule has 0 aromatic carbocycles. The van der Waals surface area contributed by atoms with E-state index in [1.54, 1.807) is 0 Å². The molecule has 0 fully saturated rings. The van der Waals surface area contributed by atoms with E-state index in [0.29, 0.717) is 6.42 Å². The molecule has 0 aromatic heterocycles. The molecule has 0 amide bonds. The summed E-state index contributed by atoms with van der Waals surface area (Å²) in [5, 5.41) is 0. The van der Waals surface area contributed by atoms with Gasteiger partial charge < -0.3 is 4.74 Å². The quantitative estimate of drug-likeness (QED) is 0.181. The summed E-state index contributed by atoms with van der Waals surface area (Å²) in [6, 6.07) is 0. The molecule has 3 heteroatoms. The number of unbranched alkanes of at least 4 members (excludes halogenated alkanes) is 11. The lowest BCUT2D eigenvalue weighted by atomic mass is 10.1. The van der Waals surface area contributed by atoms with Gasteiger partial charge in [-0.25, -0.2) is 0 Å².